The van der Waals surface area contributed by atoms with Crippen molar-refractivity contribution in [1.29, 1.82) is 0 Å². The molecule has 0 atom stereocenters. The average molecular weight is 236 g/mol. The van der Waals surface area contributed by atoms with Crippen LogP contribution in [-0.4, -0.2) is 26.9 Å². The molecule has 82 valence electrons. The van der Waals surface area contributed by atoms with Gasteiger partial charge in [-0.05, 0) is 12.1 Å². The maximum Gasteiger partial charge on any atom is 0.153 e. The molecule has 0 radical (unpaired) electrons. The molecule has 0 aliphatic heterocycles. The maximum atomic E-state index is 8.80. The SMILES string of the molecule is OCCc1nncc(-c2cccc(Cl)c2)n1. The van der Waals surface area contributed by atoms with E-state index in [1.807, 2.05) is 18.2 Å². The molecular weight excluding hydrogens is 226 g/mol. The predicted molar refractivity (Wildman–Crippen MR) is 61.1 cm³/mol. The fourth-order valence-electron chi connectivity index (χ4n) is 1.33. The smallest absolute Gasteiger partial charge is 0.153 e. The van der Waals surface area contributed by atoms with Crippen LogP contribution in [0.25, 0.3) is 11.3 Å². The summed E-state index contributed by atoms with van der Waals surface area (Å²) >= 11 is 5.89. The minimum Gasteiger partial charge on any atom is -0.396 e. The van der Waals surface area contributed by atoms with Gasteiger partial charge in [0.25, 0.3) is 0 Å². The van der Waals surface area contributed by atoms with E-state index in [-0.39, 0.29) is 6.61 Å². The molecule has 1 aromatic heterocycles. The molecule has 1 heterocycles. The van der Waals surface area contributed by atoms with E-state index in [1.54, 1.807) is 12.3 Å². The van der Waals surface area contributed by atoms with Crippen LogP contribution in [0.15, 0.2) is 30.5 Å². The van der Waals surface area contributed by atoms with Crippen molar-refractivity contribution >= 4 is 11.6 Å². The molecular formula is C11H10ClN3O. The van der Waals surface area contributed by atoms with Crippen molar-refractivity contribution < 1.29 is 5.11 Å². The normalized spacial score (nSPS) is 10.4. The number of halogens is 1. The lowest BCUT2D eigenvalue weighted by molar-refractivity contribution is 0.296. The lowest BCUT2D eigenvalue weighted by atomic mass is 10.2. The molecule has 16 heavy (non-hydrogen) atoms. The second kappa shape index (κ2) is 5.01. The van der Waals surface area contributed by atoms with Gasteiger partial charge >= 0.3 is 0 Å². The Hall–Kier alpha value is -1.52. The van der Waals surface area contributed by atoms with Gasteiger partial charge in [0.15, 0.2) is 5.82 Å². The Kier molecular flexibility index (Phi) is 3.44. The molecule has 0 saturated carbocycles. The Morgan fingerprint density at radius 2 is 2.19 bits per heavy atom. The van der Waals surface area contributed by atoms with Crippen molar-refractivity contribution in [2.75, 3.05) is 6.61 Å². The quantitative estimate of drug-likeness (QED) is 0.880. The zero-order valence-electron chi connectivity index (χ0n) is 8.47. The predicted octanol–water partition coefficient (Wildman–Crippen LogP) is 1.73. The molecule has 0 amide bonds. The van der Waals surface area contributed by atoms with Gasteiger partial charge in [-0.2, -0.15) is 5.10 Å². The lowest BCUT2D eigenvalue weighted by Crippen LogP contribution is -2.01. The Bertz CT molecular complexity index is 490. The van der Waals surface area contributed by atoms with Gasteiger partial charge in [-0.25, -0.2) is 4.98 Å². The Labute approximate surface area is 97.9 Å². The third-order valence-electron chi connectivity index (χ3n) is 2.06. The summed E-state index contributed by atoms with van der Waals surface area (Å²) in [4.78, 5) is 4.28. The van der Waals surface area contributed by atoms with Crippen LogP contribution in [0.5, 0.6) is 0 Å². The van der Waals surface area contributed by atoms with Crippen LogP contribution in [0.3, 0.4) is 0 Å². The van der Waals surface area contributed by atoms with Gasteiger partial charge in [-0.3, -0.25) is 0 Å². The fraction of sp³-hybridized carbons (Fsp3) is 0.182. The third kappa shape index (κ3) is 2.53. The second-order valence-electron chi connectivity index (χ2n) is 3.24. The molecule has 2 rings (SSSR count). The standard InChI is InChI=1S/C11H10ClN3O/c12-9-3-1-2-8(6-9)10-7-13-15-11(14-10)4-5-16/h1-3,6-7,16H,4-5H2. The maximum absolute atomic E-state index is 8.80. The van der Waals surface area contributed by atoms with Gasteiger partial charge in [0.1, 0.15) is 0 Å². The van der Waals surface area contributed by atoms with Crippen molar-refractivity contribution in [3.05, 3.63) is 41.3 Å². The minimum atomic E-state index is 0.0146. The van der Waals surface area contributed by atoms with E-state index in [9.17, 15) is 0 Å². The number of aliphatic hydroxyl groups excluding tert-OH is 1. The summed E-state index contributed by atoms with van der Waals surface area (Å²) in [6.45, 7) is 0.0146. The Morgan fingerprint density at radius 3 is 2.94 bits per heavy atom. The average Bonchev–Trinajstić information content (AvgIpc) is 2.30. The van der Waals surface area contributed by atoms with Crippen LogP contribution in [0.4, 0.5) is 0 Å². The largest absolute Gasteiger partial charge is 0.396 e. The summed E-state index contributed by atoms with van der Waals surface area (Å²) in [5.41, 5.74) is 1.60. The molecule has 4 nitrogen and oxygen atoms in total. The van der Waals surface area contributed by atoms with E-state index >= 15 is 0 Å². The molecule has 0 aliphatic carbocycles. The van der Waals surface area contributed by atoms with Crippen LogP contribution in [0.1, 0.15) is 5.82 Å². The van der Waals surface area contributed by atoms with Gasteiger partial charge < -0.3 is 5.11 Å². The lowest BCUT2D eigenvalue weighted by Gasteiger charge is -2.02. The summed E-state index contributed by atoms with van der Waals surface area (Å²) in [5.74, 6) is 0.528. The monoisotopic (exact) mass is 235 g/mol. The number of aliphatic hydroxyl groups is 1. The minimum absolute atomic E-state index is 0.0146. The van der Waals surface area contributed by atoms with Gasteiger partial charge in [-0.1, -0.05) is 23.7 Å². The Morgan fingerprint density at radius 1 is 1.31 bits per heavy atom. The van der Waals surface area contributed by atoms with Crippen LogP contribution in [0, 0.1) is 0 Å². The van der Waals surface area contributed by atoms with E-state index < -0.39 is 0 Å². The van der Waals surface area contributed by atoms with E-state index in [1.165, 1.54) is 0 Å². The second-order valence-corrected chi connectivity index (χ2v) is 3.68. The van der Waals surface area contributed by atoms with Crippen molar-refractivity contribution in [1.82, 2.24) is 15.2 Å². The number of benzene rings is 1. The zero-order chi connectivity index (χ0) is 11.4. The van der Waals surface area contributed by atoms with Crippen LogP contribution >= 0.6 is 11.6 Å². The van der Waals surface area contributed by atoms with Crippen LogP contribution in [-0.2, 0) is 6.42 Å². The van der Waals surface area contributed by atoms with Gasteiger partial charge in [0, 0.05) is 17.0 Å². The molecule has 0 saturated heterocycles. The molecule has 0 unspecified atom stereocenters. The molecule has 5 heteroatoms. The van der Waals surface area contributed by atoms with Crippen LogP contribution in [0.2, 0.25) is 5.02 Å². The summed E-state index contributed by atoms with van der Waals surface area (Å²) in [7, 11) is 0. The molecule has 1 N–H and O–H groups in total. The molecule has 0 fully saturated rings. The topological polar surface area (TPSA) is 58.9 Å². The molecule has 0 bridgehead atoms. The third-order valence-corrected chi connectivity index (χ3v) is 2.29. The molecule has 2 aromatic rings. The molecule has 0 aliphatic rings. The molecule has 1 aromatic carbocycles. The number of hydrogen-bond acceptors (Lipinski definition) is 4. The summed E-state index contributed by atoms with van der Waals surface area (Å²) in [5, 5.41) is 17.1. The molecule has 0 spiro atoms. The number of rotatable bonds is 3. The summed E-state index contributed by atoms with van der Waals surface area (Å²) in [6.07, 6.45) is 1.98. The highest BCUT2D eigenvalue weighted by Crippen LogP contribution is 2.19. The van der Waals surface area contributed by atoms with E-state index in [2.05, 4.69) is 15.2 Å². The summed E-state index contributed by atoms with van der Waals surface area (Å²) in [6, 6.07) is 7.37. The van der Waals surface area contributed by atoms with Crippen molar-refractivity contribution in [2.24, 2.45) is 0 Å². The first kappa shape index (κ1) is 11.0. The van der Waals surface area contributed by atoms with Gasteiger partial charge in [-0.15, -0.1) is 5.10 Å². The van der Waals surface area contributed by atoms with Crippen molar-refractivity contribution in [3.8, 4) is 11.3 Å². The highest BCUT2D eigenvalue weighted by Gasteiger charge is 2.03. The first-order valence-electron chi connectivity index (χ1n) is 4.85. The van der Waals surface area contributed by atoms with Crippen molar-refractivity contribution in [2.45, 2.75) is 6.42 Å². The van der Waals surface area contributed by atoms with E-state index in [0.717, 1.165) is 5.56 Å². The Balaban J connectivity index is 2.36. The highest BCUT2D eigenvalue weighted by molar-refractivity contribution is 6.30. The number of hydrogen-bond donors (Lipinski definition) is 1. The van der Waals surface area contributed by atoms with Gasteiger partial charge in [0.05, 0.1) is 18.5 Å². The van der Waals surface area contributed by atoms with E-state index in [4.69, 9.17) is 16.7 Å². The summed E-state index contributed by atoms with van der Waals surface area (Å²) < 4.78 is 0. The van der Waals surface area contributed by atoms with Crippen LogP contribution < -0.4 is 0 Å². The highest BCUT2D eigenvalue weighted by atomic mass is 35.5. The van der Waals surface area contributed by atoms with Crippen molar-refractivity contribution in [3.63, 3.8) is 0 Å². The first-order valence-corrected chi connectivity index (χ1v) is 5.23. The fourth-order valence-corrected chi connectivity index (χ4v) is 1.52. The van der Waals surface area contributed by atoms with E-state index in [0.29, 0.717) is 23.0 Å². The van der Waals surface area contributed by atoms with Gasteiger partial charge in [0.2, 0.25) is 0 Å². The first-order chi connectivity index (χ1) is 7.79. The number of nitrogens with zero attached hydrogens (tertiary/aromatic N) is 3. The zero-order valence-corrected chi connectivity index (χ0v) is 9.22. The number of aromatic nitrogens is 3.